The Hall–Kier alpha value is -4.70. The molecule has 0 bridgehead atoms. The van der Waals surface area contributed by atoms with Gasteiger partial charge in [0, 0.05) is 12.6 Å². The molecule has 0 heterocycles. The third-order valence-corrected chi connectivity index (χ3v) is 10.1. The number of amides is 2. The summed E-state index contributed by atoms with van der Waals surface area (Å²) in [7, 11) is -4.21. The number of halogens is 1. The molecule has 1 saturated carbocycles. The van der Waals surface area contributed by atoms with Crippen molar-refractivity contribution >= 4 is 27.5 Å². The van der Waals surface area contributed by atoms with Gasteiger partial charge in [-0.1, -0.05) is 74.7 Å². The smallest absolute Gasteiger partial charge is 0.264 e. The van der Waals surface area contributed by atoms with Crippen molar-refractivity contribution in [1.82, 2.24) is 10.2 Å². The highest BCUT2D eigenvalue weighted by Crippen LogP contribution is 2.29. The van der Waals surface area contributed by atoms with E-state index in [0.717, 1.165) is 36.4 Å². The molecule has 2 amide bonds. The van der Waals surface area contributed by atoms with Crippen molar-refractivity contribution in [3.05, 3.63) is 121 Å². The molecule has 1 aliphatic rings. The second kappa shape index (κ2) is 15.7. The van der Waals surface area contributed by atoms with Crippen LogP contribution in [0.3, 0.4) is 0 Å². The number of carbonyl (C=O) groups excluding carboxylic acids is 2. The summed E-state index contributed by atoms with van der Waals surface area (Å²) in [5, 5.41) is 3.13. The van der Waals surface area contributed by atoms with Gasteiger partial charge in [-0.3, -0.25) is 13.9 Å². The predicted octanol–water partition coefficient (Wildman–Crippen LogP) is 7.07. The standard InChI is InChI=1S/C37H40FN3O5S/c1-2-35(37(43)39-30-12-6-3-7-13-30)40(26-28-18-20-29(38)21-19-28)36(42)27-41(47(44,45)34-16-10-5-11-17-34)31-22-24-33(25-23-31)46-32-14-8-4-9-15-32/h4-5,8-11,14-25,30,35H,2-3,6-7,12-13,26-27H2,1H3,(H,39,43). The van der Waals surface area contributed by atoms with Gasteiger partial charge in [-0.15, -0.1) is 0 Å². The fraction of sp³-hybridized carbons (Fsp3) is 0.297. The van der Waals surface area contributed by atoms with E-state index in [-0.39, 0.29) is 29.1 Å². The van der Waals surface area contributed by atoms with Gasteiger partial charge in [-0.2, -0.15) is 0 Å². The maximum atomic E-state index is 14.3. The summed E-state index contributed by atoms with van der Waals surface area (Å²) >= 11 is 0. The molecule has 4 aromatic carbocycles. The fourth-order valence-electron chi connectivity index (χ4n) is 5.80. The SMILES string of the molecule is CCC(C(=O)NC1CCCCC1)N(Cc1ccc(F)cc1)C(=O)CN(c1ccc(Oc2ccccc2)cc1)S(=O)(=O)c1ccccc1. The average Bonchev–Trinajstić information content (AvgIpc) is 3.09. The minimum atomic E-state index is -4.21. The zero-order chi connectivity index (χ0) is 33.2. The Balaban J connectivity index is 1.47. The number of nitrogens with zero attached hydrogens (tertiary/aromatic N) is 2. The van der Waals surface area contributed by atoms with E-state index < -0.39 is 34.3 Å². The molecule has 1 N–H and O–H groups in total. The molecule has 1 unspecified atom stereocenters. The van der Waals surface area contributed by atoms with Crippen LogP contribution < -0.4 is 14.4 Å². The molecule has 1 atom stereocenters. The molecule has 0 spiro atoms. The van der Waals surface area contributed by atoms with E-state index in [9.17, 15) is 22.4 Å². The second-order valence-corrected chi connectivity index (χ2v) is 13.5. The number of nitrogens with one attached hydrogen (secondary N) is 1. The number of anilines is 1. The third kappa shape index (κ3) is 8.77. The van der Waals surface area contributed by atoms with Gasteiger partial charge in [0.05, 0.1) is 10.6 Å². The topological polar surface area (TPSA) is 96.0 Å². The molecule has 0 saturated heterocycles. The summed E-state index contributed by atoms with van der Waals surface area (Å²) in [6.45, 7) is 1.25. The summed E-state index contributed by atoms with van der Waals surface area (Å²) in [5.74, 6) is -0.156. The maximum absolute atomic E-state index is 14.3. The molecule has 246 valence electrons. The van der Waals surface area contributed by atoms with Crippen molar-refractivity contribution in [3.8, 4) is 11.5 Å². The van der Waals surface area contributed by atoms with E-state index in [1.807, 2.05) is 37.3 Å². The normalized spacial score (nSPS) is 14.2. The molecule has 0 aromatic heterocycles. The van der Waals surface area contributed by atoms with Crippen LogP contribution in [0.5, 0.6) is 11.5 Å². The molecule has 0 radical (unpaired) electrons. The Bertz CT molecular complexity index is 1710. The number of hydrogen-bond acceptors (Lipinski definition) is 5. The van der Waals surface area contributed by atoms with Gasteiger partial charge in [-0.25, -0.2) is 12.8 Å². The van der Waals surface area contributed by atoms with Gasteiger partial charge in [0.25, 0.3) is 10.0 Å². The molecular weight excluding hydrogens is 617 g/mol. The highest BCUT2D eigenvalue weighted by molar-refractivity contribution is 7.92. The molecule has 0 aliphatic heterocycles. The Kier molecular flexibility index (Phi) is 11.3. The molecule has 5 rings (SSSR count). The summed E-state index contributed by atoms with van der Waals surface area (Å²) < 4.78 is 48.9. The number of sulfonamides is 1. The van der Waals surface area contributed by atoms with Gasteiger partial charge in [0.15, 0.2) is 0 Å². The number of para-hydroxylation sites is 1. The molecule has 1 fully saturated rings. The van der Waals surface area contributed by atoms with Crippen LogP contribution in [0.1, 0.15) is 51.0 Å². The average molecular weight is 658 g/mol. The van der Waals surface area contributed by atoms with Crippen molar-refractivity contribution in [1.29, 1.82) is 0 Å². The first-order valence-corrected chi connectivity index (χ1v) is 17.4. The largest absolute Gasteiger partial charge is 0.457 e. The van der Waals surface area contributed by atoms with Gasteiger partial charge in [-0.05, 0) is 85.5 Å². The van der Waals surface area contributed by atoms with Crippen LogP contribution in [0.4, 0.5) is 10.1 Å². The minimum absolute atomic E-state index is 0.00121. The van der Waals surface area contributed by atoms with Crippen LogP contribution >= 0.6 is 0 Å². The number of ether oxygens (including phenoxy) is 1. The third-order valence-electron chi connectivity index (χ3n) is 8.32. The predicted molar refractivity (Wildman–Crippen MR) is 180 cm³/mol. The monoisotopic (exact) mass is 657 g/mol. The van der Waals surface area contributed by atoms with Crippen LogP contribution in [-0.4, -0.2) is 43.8 Å². The van der Waals surface area contributed by atoms with Gasteiger partial charge in [0.2, 0.25) is 11.8 Å². The van der Waals surface area contributed by atoms with Crippen LogP contribution in [0, 0.1) is 5.82 Å². The van der Waals surface area contributed by atoms with Crippen molar-refractivity contribution in [3.63, 3.8) is 0 Å². The van der Waals surface area contributed by atoms with Crippen LogP contribution in [-0.2, 0) is 26.2 Å². The first-order chi connectivity index (χ1) is 22.7. The summed E-state index contributed by atoms with van der Waals surface area (Å²) in [6.07, 6.45) is 5.25. The van der Waals surface area contributed by atoms with Crippen molar-refractivity contribution in [2.75, 3.05) is 10.8 Å². The highest BCUT2D eigenvalue weighted by atomic mass is 32.2. The van der Waals surface area contributed by atoms with E-state index in [0.29, 0.717) is 23.5 Å². The van der Waals surface area contributed by atoms with E-state index in [1.165, 1.54) is 29.2 Å². The van der Waals surface area contributed by atoms with E-state index >= 15 is 0 Å². The molecular formula is C37H40FN3O5S. The Morgan fingerprint density at radius 1 is 0.830 bits per heavy atom. The van der Waals surface area contributed by atoms with Crippen LogP contribution in [0.2, 0.25) is 0 Å². The molecule has 4 aromatic rings. The number of carbonyl (C=O) groups is 2. The van der Waals surface area contributed by atoms with Gasteiger partial charge in [0.1, 0.15) is 29.9 Å². The minimum Gasteiger partial charge on any atom is -0.457 e. The zero-order valence-corrected chi connectivity index (χ0v) is 27.2. The van der Waals surface area contributed by atoms with Crippen LogP contribution in [0.15, 0.2) is 114 Å². The number of hydrogen-bond donors (Lipinski definition) is 1. The van der Waals surface area contributed by atoms with Crippen molar-refractivity contribution < 1.29 is 27.1 Å². The van der Waals surface area contributed by atoms with Crippen molar-refractivity contribution in [2.24, 2.45) is 0 Å². The summed E-state index contributed by atoms with van der Waals surface area (Å²) in [6, 6.07) is 28.4. The number of benzene rings is 4. The first-order valence-electron chi connectivity index (χ1n) is 16.0. The molecule has 8 nitrogen and oxygen atoms in total. The Morgan fingerprint density at radius 2 is 1.43 bits per heavy atom. The lowest BCUT2D eigenvalue weighted by Gasteiger charge is -2.34. The lowest BCUT2D eigenvalue weighted by atomic mass is 9.95. The molecule has 47 heavy (non-hydrogen) atoms. The number of rotatable bonds is 13. The first kappa shape index (κ1) is 33.7. The second-order valence-electron chi connectivity index (χ2n) is 11.6. The Morgan fingerprint density at radius 3 is 2.04 bits per heavy atom. The lowest BCUT2D eigenvalue weighted by molar-refractivity contribution is -0.140. The summed E-state index contributed by atoms with van der Waals surface area (Å²) in [4.78, 5) is 29.4. The maximum Gasteiger partial charge on any atom is 0.264 e. The quantitative estimate of drug-likeness (QED) is 0.166. The van der Waals surface area contributed by atoms with Crippen molar-refractivity contribution in [2.45, 2.75) is 69.0 Å². The highest BCUT2D eigenvalue weighted by Gasteiger charge is 2.34. The van der Waals surface area contributed by atoms with E-state index in [2.05, 4.69) is 5.32 Å². The molecule has 1 aliphatic carbocycles. The molecule has 10 heteroatoms. The van der Waals surface area contributed by atoms with Gasteiger partial charge < -0.3 is 15.0 Å². The zero-order valence-electron chi connectivity index (χ0n) is 26.4. The summed E-state index contributed by atoms with van der Waals surface area (Å²) in [5.41, 5.74) is 0.868. The Labute approximate surface area is 276 Å². The van der Waals surface area contributed by atoms with Gasteiger partial charge >= 0.3 is 0 Å². The lowest BCUT2D eigenvalue weighted by Crippen LogP contribution is -2.54. The van der Waals surface area contributed by atoms with Crippen LogP contribution in [0.25, 0.3) is 0 Å². The fourth-order valence-corrected chi connectivity index (χ4v) is 7.24. The van der Waals surface area contributed by atoms with E-state index in [4.69, 9.17) is 4.74 Å². The van der Waals surface area contributed by atoms with E-state index in [1.54, 1.807) is 54.6 Å².